The van der Waals surface area contributed by atoms with Crippen LogP contribution in [0, 0.1) is 0 Å². The van der Waals surface area contributed by atoms with Crippen molar-refractivity contribution in [2.45, 2.75) is 51.2 Å². The van der Waals surface area contributed by atoms with E-state index in [1.807, 2.05) is 0 Å². The fourth-order valence-electron chi connectivity index (χ4n) is 2.56. The summed E-state index contributed by atoms with van der Waals surface area (Å²) in [7, 11) is -6.21. The minimum Gasteiger partial charge on any atom is -0.463 e. The molecule has 2 rings (SSSR count). The van der Waals surface area contributed by atoms with Gasteiger partial charge in [-0.25, -0.2) is 14.1 Å². The number of hydrogen-bond donors (Lipinski definition) is 3. The molecule has 3 N–H and O–H groups in total. The van der Waals surface area contributed by atoms with E-state index in [0.717, 1.165) is 17.4 Å². The first-order valence-corrected chi connectivity index (χ1v) is 17.3. The van der Waals surface area contributed by atoms with Gasteiger partial charge in [-0.1, -0.05) is 24.8 Å². The van der Waals surface area contributed by atoms with E-state index in [4.69, 9.17) is 25.7 Å². The van der Waals surface area contributed by atoms with Crippen molar-refractivity contribution in [2.75, 3.05) is 24.3 Å². The molecule has 0 radical (unpaired) electrons. The van der Waals surface area contributed by atoms with Crippen LogP contribution in [0.2, 0.25) is 25.7 Å². The first-order chi connectivity index (χ1) is 16.9. The van der Waals surface area contributed by atoms with Gasteiger partial charge in [-0.05, 0) is 19.9 Å². The molecular weight excluding hydrogens is 570 g/mol. The quantitative estimate of drug-likeness (QED) is 0.0590. The second kappa shape index (κ2) is 11.8. The SMILES string of the molecule is CC(C)(O/N=C(\C(=O)NC1CN(S(=O)(=O)O)C1=O)c1csc(NC(=O)CCl)n1)C(=O)OCC[Si](C)(C)C. The Bertz CT molecular complexity index is 1200. The third kappa shape index (κ3) is 8.73. The van der Waals surface area contributed by atoms with Gasteiger partial charge < -0.3 is 20.2 Å². The molecule has 0 saturated carbocycles. The number of amides is 3. The molecule has 37 heavy (non-hydrogen) atoms. The van der Waals surface area contributed by atoms with E-state index in [0.29, 0.717) is 0 Å². The predicted molar refractivity (Wildman–Crippen MR) is 137 cm³/mol. The Labute approximate surface area is 223 Å². The molecular formula is C19H28ClN5O9S2Si. The van der Waals surface area contributed by atoms with Gasteiger partial charge in [0.15, 0.2) is 10.8 Å². The number of thiazole rings is 1. The molecule has 1 aromatic heterocycles. The average Bonchev–Trinajstić information content (AvgIpc) is 3.21. The summed E-state index contributed by atoms with van der Waals surface area (Å²) in [6, 6.07) is -0.537. The van der Waals surface area contributed by atoms with Crippen LogP contribution >= 0.6 is 22.9 Å². The molecule has 2 heterocycles. The summed E-state index contributed by atoms with van der Waals surface area (Å²) in [5.41, 5.74) is -2.15. The number of esters is 1. The third-order valence-electron chi connectivity index (χ3n) is 4.75. The summed E-state index contributed by atoms with van der Waals surface area (Å²) >= 11 is 6.41. The zero-order valence-corrected chi connectivity index (χ0v) is 24.1. The van der Waals surface area contributed by atoms with Gasteiger partial charge in [0.2, 0.25) is 11.5 Å². The Kier molecular flexibility index (Phi) is 9.80. The van der Waals surface area contributed by atoms with Crippen LogP contribution in [0.5, 0.6) is 0 Å². The summed E-state index contributed by atoms with van der Waals surface area (Å²) in [6.45, 7) is 8.83. The topological polar surface area (TPSA) is 194 Å². The number of β-lactam (4-membered cyclic amide) rings is 1. The zero-order valence-electron chi connectivity index (χ0n) is 20.7. The van der Waals surface area contributed by atoms with Crippen LogP contribution in [0.3, 0.4) is 0 Å². The number of rotatable bonds is 12. The largest absolute Gasteiger partial charge is 0.463 e. The minimum atomic E-state index is -4.76. The number of halogens is 1. The Morgan fingerprint density at radius 3 is 2.54 bits per heavy atom. The number of nitrogens with one attached hydrogen (secondary N) is 2. The average molecular weight is 598 g/mol. The standard InChI is InChI=1S/C19H28ClN5O9S2Si/c1-19(2,17(29)33-6-7-37(3,4)5)34-24-14(12-10-35-18(22-12)23-13(26)8-20)15(27)21-11-9-25(16(11)28)36(30,31)32/h10-11H,6-9H2,1-5H3,(H,21,27)(H,22,23,26)(H,30,31,32)/b24-14-. The fraction of sp³-hybridized carbons (Fsp3) is 0.579. The first kappa shape index (κ1) is 30.6. The lowest BCUT2D eigenvalue weighted by Crippen LogP contribution is -2.65. The highest BCUT2D eigenvalue weighted by Gasteiger charge is 2.45. The van der Waals surface area contributed by atoms with E-state index in [2.05, 4.69) is 40.4 Å². The predicted octanol–water partition coefficient (Wildman–Crippen LogP) is 0.831. The van der Waals surface area contributed by atoms with Crippen molar-refractivity contribution in [1.82, 2.24) is 14.6 Å². The van der Waals surface area contributed by atoms with Crippen molar-refractivity contribution < 1.29 is 41.7 Å². The lowest BCUT2D eigenvalue weighted by molar-refractivity contribution is -0.167. The molecule has 1 saturated heterocycles. The summed E-state index contributed by atoms with van der Waals surface area (Å²) in [6.07, 6.45) is 0. The molecule has 0 aliphatic carbocycles. The van der Waals surface area contributed by atoms with Crippen LogP contribution < -0.4 is 10.6 Å². The molecule has 0 bridgehead atoms. The number of ether oxygens (including phenoxy) is 1. The smallest absolute Gasteiger partial charge is 0.362 e. The van der Waals surface area contributed by atoms with Gasteiger partial charge in [0.25, 0.3) is 11.8 Å². The van der Waals surface area contributed by atoms with Gasteiger partial charge in [0.1, 0.15) is 17.6 Å². The van der Waals surface area contributed by atoms with E-state index < -0.39 is 66.0 Å². The van der Waals surface area contributed by atoms with Crippen LogP contribution in [-0.2, 0) is 39.1 Å². The van der Waals surface area contributed by atoms with Crippen LogP contribution in [0.25, 0.3) is 0 Å². The van der Waals surface area contributed by atoms with Crippen molar-refractivity contribution in [1.29, 1.82) is 0 Å². The molecule has 3 amide bonds. The van der Waals surface area contributed by atoms with Crippen molar-refractivity contribution in [3.8, 4) is 0 Å². The first-order valence-electron chi connectivity index (χ1n) is 10.8. The van der Waals surface area contributed by atoms with E-state index >= 15 is 0 Å². The Balaban J connectivity index is 2.23. The number of hydrogen-bond acceptors (Lipinski definition) is 11. The van der Waals surface area contributed by atoms with E-state index in [1.54, 1.807) is 0 Å². The summed E-state index contributed by atoms with van der Waals surface area (Å²) < 4.78 is 36.7. The van der Waals surface area contributed by atoms with Crippen molar-refractivity contribution >= 4 is 75.8 Å². The summed E-state index contributed by atoms with van der Waals surface area (Å²) in [4.78, 5) is 58.5. The molecule has 1 aliphatic heterocycles. The van der Waals surface area contributed by atoms with E-state index in [9.17, 15) is 27.6 Å². The van der Waals surface area contributed by atoms with Crippen molar-refractivity contribution in [2.24, 2.45) is 5.16 Å². The lowest BCUT2D eigenvalue weighted by atomic mass is 10.1. The summed E-state index contributed by atoms with van der Waals surface area (Å²) in [5.74, 6) is -3.65. The highest BCUT2D eigenvalue weighted by Crippen LogP contribution is 2.20. The minimum absolute atomic E-state index is 0.0753. The second-order valence-electron chi connectivity index (χ2n) is 9.58. The maximum Gasteiger partial charge on any atom is 0.362 e. The fourth-order valence-corrected chi connectivity index (χ4v) is 4.74. The van der Waals surface area contributed by atoms with Crippen LogP contribution in [0.15, 0.2) is 10.5 Å². The van der Waals surface area contributed by atoms with Crippen molar-refractivity contribution in [3.63, 3.8) is 0 Å². The van der Waals surface area contributed by atoms with Gasteiger partial charge in [0.05, 0.1) is 13.2 Å². The zero-order chi connectivity index (χ0) is 28.2. The second-order valence-corrected chi connectivity index (χ2v) is 17.7. The maximum absolute atomic E-state index is 12.9. The van der Waals surface area contributed by atoms with Crippen LogP contribution in [0.1, 0.15) is 19.5 Å². The molecule has 1 atom stereocenters. The number of anilines is 1. The lowest BCUT2D eigenvalue weighted by Gasteiger charge is -2.35. The van der Waals surface area contributed by atoms with Crippen LogP contribution in [-0.4, -0.2) is 90.4 Å². The number of carbonyl (C=O) groups is 4. The van der Waals surface area contributed by atoms with Gasteiger partial charge in [-0.3, -0.25) is 18.9 Å². The Morgan fingerprint density at radius 1 is 1.35 bits per heavy atom. The number of alkyl halides is 1. The number of carbonyl (C=O) groups excluding carboxylic acids is 4. The molecule has 0 aromatic carbocycles. The van der Waals surface area contributed by atoms with E-state index in [-0.39, 0.29) is 27.6 Å². The molecule has 1 fully saturated rings. The molecule has 206 valence electrons. The van der Waals surface area contributed by atoms with Gasteiger partial charge in [-0.15, -0.1) is 22.9 Å². The normalized spacial score (nSPS) is 16.6. The van der Waals surface area contributed by atoms with Gasteiger partial charge in [0, 0.05) is 13.5 Å². The Hall–Kier alpha value is -2.60. The molecule has 18 heteroatoms. The number of nitrogens with zero attached hydrogens (tertiary/aromatic N) is 3. The number of aromatic nitrogens is 1. The van der Waals surface area contributed by atoms with Crippen LogP contribution in [0.4, 0.5) is 5.13 Å². The summed E-state index contributed by atoms with van der Waals surface area (Å²) in [5, 5.41) is 9.91. The van der Waals surface area contributed by atoms with Crippen molar-refractivity contribution in [3.05, 3.63) is 11.1 Å². The molecule has 1 aromatic rings. The molecule has 1 unspecified atom stereocenters. The monoisotopic (exact) mass is 597 g/mol. The Morgan fingerprint density at radius 2 is 2.00 bits per heavy atom. The molecule has 1 aliphatic rings. The third-order valence-corrected chi connectivity index (χ3v) is 8.34. The highest BCUT2D eigenvalue weighted by molar-refractivity contribution is 7.84. The maximum atomic E-state index is 12.9. The van der Waals surface area contributed by atoms with E-state index in [1.165, 1.54) is 19.2 Å². The molecule has 14 nitrogen and oxygen atoms in total. The molecule has 0 spiro atoms. The number of oxime groups is 1. The van der Waals surface area contributed by atoms with Gasteiger partial charge >= 0.3 is 16.3 Å². The highest BCUT2D eigenvalue weighted by atomic mass is 35.5. The van der Waals surface area contributed by atoms with Gasteiger partial charge in [-0.2, -0.15) is 8.42 Å².